The maximum Gasteiger partial charge on any atom is 0.141 e. The number of nitrogens with zero attached hydrogens (tertiary/aromatic N) is 5. The van der Waals surface area contributed by atoms with Gasteiger partial charge in [0.15, 0.2) is 0 Å². The van der Waals surface area contributed by atoms with Crippen LogP contribution in [0.1, 0.15) is 5.56 Å². The predicted octanol–water partition coefficient (Wildman–Crippen LogP) is -1.09. The zero-order valence-electron chi connectivity index (χ0n) is 7.78. The van der Waals surface area contributed by atoms with Crippen molar-refractivity contribution in [3.63, 3.8) is 0 Å². The standard InChI is InChI=1S/C8H7N5.2H2O/c1-3-9-4-2-8(1)5-12-13-6-10-11-7-13;;/h1-7H;2*1H2. The highest BCUT2D eigenvalue weighted by Crippen LogP contribution is 1.91. The van der Waals surface area contributed by atoms with E-state index in [0.29, 0.717) is 0 Å². The molecule has 15 heavy (non-hydrogen) atoms. The lowest BCUT2D eigenvalue weighted by Gasteiger charge is -1.90. The van der Waals surface area contributed by atoms with Crippen LogP contribution in [0.3, 0.4) is 0 Å². The molecule has 0 amide bonds. The van der Waals surface area contributed by atoms with Gasteiger partial charge in [-0.2, -0.15) is 5.10 Å². The second-order valence-corrected chi connectivity index (χ2v) is 2.37. The Morgan fingerprint density at radius 2 is 1.67 bits per heavy atom. The van der Waals surface area contributed by atoms with Crippen LogP contribution < -0.4 is 0 Å². The maximum atomic E-state index is 4.08. The summed E-state index contributed by atoms with van der Waals surface area (Å²) in [6, 6.07) is 3.74. The van der Waals surface area contributed by atoms with Crippen LogP contribution in [0.25, 0.3) is 0 Å². The molecular weight excluding hydrogens is 198 g/mol. The van der Waals surface area contributed by atoms with Crippen LogP contribution in [0, 0.1) is 0 Å². The Kier molecular flexibility index (Phi) is 5.45. The van der Waals surface area contributed by atoms with Crippen LogP contribution in [0.5, 0.6) is 0 Å². The second kappa shape index (κ2) is 6.35. The number of aromatic nitrogens is 4. The molecular formula is C8H11N5O2. The first-order chi connectivity index (χ1) is 6.45. The summed E-state index contributed by atoms with van der Waals surface area (Å²) in [4.78, 5) is 3.90. The molecule has 0 saturated heterocycles. The van der Waals surface area contributed by atoms with Gasteiger partial charge in [-0.25, -0.2) is 4.68 Å². The van der Waals surface area contributed by atoms with Crippen molar-refractivity contribution in [2.75, 3.05) is 0 Å². The largest absolute Gasteiger partial charge is 0.412 e. The molecule has 0 aliphatic carbocycles. The lowest BCUT2D eigenvalue weighted by molar-refractivity contribution is 0.823. The molecule has 0 aliphatic rings. The molecule has 2 aromatic rings. The minimum absolute atomic E-state index is 0. The van der Waals surface area contributed by atoms with E-state index in [9.17, 15) is 0 Å². The molecule has 2 aromatic heterocycles. The van der Waals surface area contributed by atoms with Crippen molar-refractivity contribution in [3.8, 4) is 0 Å². The number of hydrogen-bond donors (Lipinski definition) is 0. The summed E-state index contributed by atoms with van der Waals surface area (Å²) in [5.41, 5.74) is 0.990. The minimum atomic E-state index is 0. The molecule has 80 valence electrons. The van der Waals surface area contributed by atoms with Crippen LogP contribution in [0.2, 0.25) is 0 Å². The summed E-state index contributed by atoms with van der Waals surface area (Å²) in [5, 5.41) is 11.3. The highest BCUT2D eigenvalue weighted by atomic mass is 16.0. The van der Waals surface area contributed by atoms with Crippen LogP contribution in [0.15, 0.2) is 42.3 Å². The van der Waals surface area contributed by atoms with E-state index in [1.807, 2.05) is 12.1 Å². The SMILES string of the molecule is C(=Nn1cnnc1)c1ccncc1.O.O. The molecule has 0 aromatic carbocycles. The Morgan fingerprint density at radius 3 is 2.27 bits per heavy atom. The van der Waals surface area contributed by atoms with Gasteiger partial charge in [-0.05, 0) is 17.7 Å². The van der Waals surface area contributed by atoms with Crippen molar-refractivity contribution in [2.45, 2.75) is 0 Å². The predicted molar refractivity (Wildman–Crippen MR) is 54.5 cm³/mol. The quantitative estimate of drug-likeness (QED) is 0.584. The summed E-state index contributed by atoms with van der Waals surface area (Å²) in [5.74, 6) is 0. The normalized spacial score (nSPS) is 9.33. The van der Waals surface area contributed by atoms with E-state index in [1.165, 1.54) is 17.3 Å². The van der Waals surface area contributed by atoms with E-state index in [4.69, 9.17) is 0 Å². The molecule has 0 atom stereocenters. The van der Waals surface area contributed by atoms with Crippen LogP contribution in [-0.2, 0) is 0 Å². The molecule has 7 nitrogen and oxygen atoms in total. The van der Waals surface area contributed by atoms with Gasteiger partial charge in [0.1, 0.15) is 12.7 Å². The lowest BCUT2D eigenvalue weighted by atomic mass is 10.3. The fourth-order valence-corrected chi connectivity index (χ4v) is 0.838. The smallest absolute Gasteiger partial charge is 0.141 e. The molecule has 0 unspecified atom stereocenters. The topological polar surface area (TPSA) is 119 Å². The Hall–Kier alpha value is -2.12. The molecule has 0 spiro atoms. The summed E-state index contributed by atoms with van der Waals surface area (Å²) in [6.07, 6.45) is 8.20. The van der Waals surface area contributed by atoms with E-state index in [2.05, 4.69) is 20.3 Å². The van der Waals surface area contributed by atoms with E-state index in [-0.39, 0.29) is 11.0 Å². The molecule has 7 heteroatoms. The second-order valence-electron chi connectivity index (χ2n) is 2.37. The Bertz CT molecular complexity index is 387. The van der Waals surface area contributed by atoms with Gasteiger partial charge in [-0.1, -0.05) is 0 Å². The summed E-state index contributed by atoms with van der Waals surface area (Å²) < 4.78 is 1.53. The molecule has 0 fully saturated rings. The van der Waals surface area contributed by atoms with Gasteiger partial charge in [0.05, 0.1) is 6.21 Å². The monoisotopic (exact) mass is 209 g/mol. The van der Waals surface area contributed by atoms with Gasteiger partial charge in [0.2, 0.25) is 0 Å². The van der Waals surface area contributed by atoms with Crippen molar-refractivity contribution in [3.05, 3.63) is 42.7 Å². The zero-order chi connectivity index (χ0) is 8.93. The van der Waals surface area contributed by atoms with Crippen molar-refractivity contribution in [1.82, 2.24) is 19.9 Å². The van der Waals surface area contributed by atoms with Crippen molar-refractivity contribution in [2.24, 2.45) is 5.10 Å². The first-order valence-electron chi connectivity index (χ1n) is 3.74. The molecule has 0 saturated carbocycles. The van der Waals surface area contributed by atoms with E-state index in [1.54, 1.807) is 18.6 Å². The van der Waals surface area contributed by atoms with Crippen molar-refractivity contribution in [1.29, 1.82) is 0 Å². The van der Waals surface area contributed by atoms with Crippen LogP contribution in [-0.4, -0.2) is 37.0 Å². The average molecular weight is 209 g/mol. The maximum absolute atomic E-state index is 4.08. The molecule has 0 aliphatic heterocycles. The molecule has 0 radical (unpaired) electrons. The molecule has 4 N–H and O–H groups in total. The summed E-state index contributed by atoms with van der Waals surface area (Å²) in [7, 11) is 0. The fourth-order valence-electron chi connectivity index (χ4n) is 0.838. The molecule has 2 rings (SSSR count). The summed E-state index contributed by atoms with van der Waals surface area (Å²) in [6.45, 7) is 0. The van der Waals surface area contributed by atoms with Gasteiger partial charge < -0.3 is 11.0 Å². The van der Waals surface area contributed by atoms with Crippen LogP contribution >= 0.6 is 0 Å². The Morgan fingerprint density at radius 1 is 1.07 bits per heavy atom. The lowest BCUT2D eigenvalue weighted by Crippen LogP contribution is -1.86. The van der Waals surface area contributed by atoms with Gasteiger partial charge in [-0.15, -0.1) is 10.2 Å². The van der Waals surface area contributed by atoms with Crippen molar-refractivity contribution >= 4 is 6.21 Å². The first kappa shape index (κ1) is 12.9. The number of hydrogen-bond acceptors (Lipinski definition) is 4. The summed E-state index contributed by atoms with van der Waals surface area (Å²) >= 11 is 0. The van der Waals surface area contributed by atoms with E-state index < -0.39 is 0 Å². The van der Waals surface area contributed by atoms with E-state index in [0.717, 1.165) is 5.56 Å². The minimum Gasteiger partial charge on any atom is -0.412 e. The third-order valence-corrected chi connectivity index (χ3v) is 1.45. The van der Waals surface area contributed by atoms with E-state index >= 15 is 0 Å². The highest BCUT2D eigenvalue weighted by molar-refractivity contribution is 5.78. The third kappa shape index (κ3) is 3.63. The zero-order valence-corrected chi connectivity index (χ0v) is 7.78. The number of rotatable bonds is 2. The molecule has 0 bridgehead atoms. The van der Waals surface area contributed by atoms with Crippen molar-refractivity contribution < 1.29 is 11.0 Å². The van der Waals surface area contributed by atoms with Gasteiger partial charge in [-0.3, -0.25) is 4.98 Å². The number of pyridine rings is 1. The Balaban J connectivity index is 0.000000980. The average Bonchev–Trinajstić information content (AvgIpc) is 2.69. The first-order valence-corrected chi connectivity index (χ1v) is 3.74. The fraction of sp³-hybridized carbons (Fsp3) is 0. The van der Waals surface area contributed by atoms with Gasteiger partial charge in [0, 0.05) is 12.4 Å². The van der Waals surface area contributed by atoms with Gasteiger partial charge >= 0.3 is 0 Å². The third-order valence-electron chi connectivity index (χ3n) is 1.45. The Labute approximate surface area is 85.7 Å². The highest BCUT2D eigenvalue weighted by Gasteiger charge is 1.85. The van der Waals surface area contributed by atoms with Crippen LogP contribution in [0.4, 0.5) is 0 Å². The van der Waals surface area contributed by atoms with Gasteiger partial charge in [0.25, 0.3) is 0 Å². The molecule has 2 heterocycles.